The summed E-state index contributed by atoms with van der Waals surface area (Å²) < 4.78 is 27.7. The fourth-order valence-electron chi connectivity index (χ4n) is 1.94. The van der Waals surface area contributed by atoms with Gasteiger partial charge in [-0.1, -0.05) is 0 Å². The smallest absolute Gasteiger partial charge is 0.279 e. The third kappa shape index (κ3) is 4.91. The molecule has 1 fully saturated rings. The molecule has 17 heavy (non-hydrogen) atoms. The third-order valence-corrected chi connectivity index (χ3v) is 5.15. The number of nitrogens with zero attached hydrogens (tertiary/aromatic N) is 1. The Kier molecular flexibility index (Phi) is 5.85. The van der Waals surface area contributed by atoms with Gasteiger partial charge in [0.05, 0.1) is 0 Å². The van der Waals surface area contributed by atoms with Gasteiger partial charge < -0.3 is 5.32 Å². The molecular formula is C11H25N3O2S. The Labute approximate surface area is 105 Å². The van der Waals surface area contributed by atoms with Crippen LogP contribution < -0.4 is 10.0 Å². The Hall–Kier alpha value is -0.170. The highest BCUT2D eigenvalue weighted by molar-refractivity contribution is 7.87. The van der Waals surface area contributed by atoms with Crippen molar-refractivity contribution in [1.29, 1.82) is 0 Å². The average molecular weight is 263 g/mol. The van der Waals surface area contributed by atoms with E-state index in [1.165, 1.54) is 4.31 Å². The third-order valence-electron chi connectivity index (χ3n) is 3.40. The Morgan fingerprint density at radius 3 is 2.47 bits per heavy atom. The lowest BCUT2D eigenvalue weighted by atomic mass is 9.95. The van der Waals surface area contributed by atoms with Crippen molar-refractivity contribution in [3.8, 4) is 0 Å². The molecule has 1 saturated heterocycles. The molecule has 0 spiro atoms. The predicted octanol–water partition coefficient (Wildman–Crippen LogP) is 0.551. The maximum absolute atomic E-state index is 11.8. The molecule has 0 atom stereocenters. The van der Waals surface area contributed by atoms with Crippen LogP contribution in [0.25, 0.3) is 0 Å². The van der Waals surface area contributed by atoms with Crippen molar-refractivity contribution in [2.45, 2.75) is 39.2 Å². The molecule has 1 aliphatic heterocycles. The zero-order valence-corrected chi connectivity index (χ0v) is 11.9. The van der Waals surface area contributed by atoms with Crippen molar-refractivity contribution >= 4 is 10.2 Å². The van der Waals surface area contributed by atoms with Gasteiger partial charge in [0.1, 0.15) is 0 Å². The Morgan fingerprint density at radius 1 is 1.35 bits per heavy atom. The van der Waals surface area contributed by atoms with Gasteiger partial charge in [0.25, 0.3) is 10.2 Å². The van der Waals surface area contributed by atoms with Gasteiger partial charge in [-0.25, -0.2) is 4.72 Å². The van der Waals surface area contributed by atoms with Crippen LogP contribution in [0.3, 0.4) is 0 Å². The van der Waals surface area contributed by atoms with Crippen molar-refractivity contribution in [3.05, 3.63) is 0 Å². The molecule has 0 aliphatic carbocycles. The lowest BCUT2D eigenvalue weighted by Crippen LogP contribution is -2.42. The van der Waals surface area contributed by atoms with E-state index in [4.69, 9.17) is 0 Å². The molecule has 102 valence electrons. The van der Waals surface area contributed by atoms with Crippen molar-refractivity contribution < 1.29 is 8.42 Å². The summed E-state index contributed by atoms with van der Waals surface area (Å²) in [5, 5.41) is 3.31. The SMILES string of the molecule is CC(C)N(C)S(=O)(=O)NCCC1CCNCC1. The molecule has 0 unspecified atom stereocenters. The second-order valence-corrected chi connectivity index (χ2v) is 6.81. The maximum Gasteiger partial charge on any atom is 0.279 e. The van der Waals surface area contributed by atoms with Gasteiger partial charge in [-0.15, -0.1) is 0 Å². The van der Waals surface area contributed by atoms with Crippen molar-refractivity contribution in [1.82, 2.24) is 14.3 Å². The quantitative estimate of drug-likeness (QED) is 0.736. The number of rotatable bonds is 6. The van der Waals surface area contributed by atoms with Gasteiger partial charge in [-0.05, 0) is 52.1 Å². The molecule has 2 N–H and O–H groups in total. The average Bonchev–Trinajstić information content (AvgIpc) is 2.29. The Bertz CT molecular complexity index is 311. The molecule has 0 bridgehead atoms. The molecule has 0 aromatic carbocycles. The number of piperidine rings is 1. The first-order chi connectivity index (χ1) is 7.93. The standard InChI is InChI=1S/C11H25N3O2S/c1-10(2)14(3)17(15,16)13-9-6-11-4-7-12-8-5-11/h10-13H,4-9H2,1-3H3. The molecule has 5 nitrogen and oxygen atoms in total. The minimum absolute atomic E-state index is 0.00798. The fraction of sp³-hybridized carbons (Fsp3) is 1.00. The lowest BCUT2D eigenvalue weighted by Gasteiger charge is -2.24. The van der Waals surface area contributed by atoms with E-state index in [0.717, 1.165) is 32.4 Å². The zero-order valence-electron chi connectivity index (χ0n) is 11.1. The normalized spacial score (nSPS) is 19.1. The zero-order chi connectivity index (χ0) is 12.9. The Balaban J connectivity index is 2.29. The van der Waals surface area contributed by atoms with Crippen LogP contribution in [0.2, 0.25) is 0 Å². The molecule has 0 aromatic rings. The van der Waals surface area contributed by atoms with E-state index in [-0.39, 0.29) is 6.04 Å². The van der Waals surface area contributed by atoms with Crippen LogP contribution in [0.5, 0.6) is 0 Å². The van der Waals surface area contributed by atoms with E-state index >= 15 is 0 Å². The monoisotopic (exact) mass is 263 g/mol. The minimum Gasteiger partial charge on any atom is -0.317 e. The van der Waals surface area contributed by atoms with E-state index in [1.54, 1.807) is 7.05 Å². The first kappa shape index (κ1) is 14.9. The fourth-order valence-corrected chi connectivity index (χ4v) is 3.08. The Morgan fingerprint density at radius 2 is 1.94 bits per heavy atom. The first-order valence-electron chi connectivity index (χ1n) is 6.37. The van der Waals surface area contributed by atoms with Crippen LogP contribution in [0.1, 0.15) is 33.1 Å². The van der Waals surface area contributed by atoms with Crippen LogP contribution in [0, 0.1) is 5.92 Å². The maximum atomic E-state index is 11.8. The summed E-state index contributed by atoms with van der Waals surface area (Å²) in [5.41, 5.74) is 0. The van der Waals surface area contributed by atoms with Crippen molar-refractivity contribution in [2.75, 3.05) is 26.7 Å². The van der Waals surface area contributed by atoms with Gasteiger partial charge >= 0.3 is 0 Å². The molecule has 1 aliphatic rings. The van der Waals surface area contributed by atoms with E-state index < -0.39 is 10.2 Å². The summed E-state index contributed by atoms with van der Waals surface area (Å²) in [6, 6.07) is -0.00798. The molecule has 0 radical (unpaired) electrons. The van der Waals surface area contributed by atoms with Crippen LogP contribution in [-0.4, -0.2) is 45.4 Å². The molecular weight excluding hydrogens is 238 g/mol. The van der Waals surface area contributed by atoms with Gasteiger partial charge in [0, 0.05) is 19.6 Å². The van der Waals surface area contributed by atoms with Gasteiger partial charge in [-0.2, -0.15) is 12.7 Å². The number of hydrogen-bond acceptors (Lipinski definition) is 3. The number of nitrogens with one attached hydrogen (secondary N) is 2. The first-order valence-corrected chi connectivity index (χ1v) is 7.81. The largest absolute Gasteiger partial charge is 0.317 e. The molecule has 1 rings (SSSR count). The van der Waals surface area contributed by atoms with E-state index in [0.29, 0.717) is 12.5 Å². The number of hydrogen-bond donors (Lipinski definition) is 2. The van der Waals surface area contributed by atoms with Crippen molar-refractivity contribution in [2.24, 2.45) is 5.92 Å². The molecule has 0 aromatic heterocycles. The highest BCUT2D eigenvalue weighted by Gasteiger charge is 2.20. The molecule has 6 heteroatoms. The summed E-state index contributed by atoms with van der Waals surface area (Å²) >= 11 is 0. The van der Waals surface area contributed by atoms with Crippen LogP contribution >= 0.6 is 0 Å². The molecule has 1 heterocycles. The van der Waals surface area contributed by atoms with Gasteiger partial charge in [0.2, 0.25) is 0 Å². The van der Waals surface area contributed by atoms with E-state index in [9.17, 15) is 8.42 Å². The summed E-state index contributed by atoms with van der Waals surface area (Å²) in [4.78, 5) is 0. The lowest BCUT2D eigenvalue weighted by molar-refractivity contribution is 0.350. The minimum atomic E-state index is -3.29. The summed E-state index contributed by atoms with van der Waals surface area (Å²) in [7, 11) is -1.68. The van der Waals surface area contributed by atoms with Gasteiger partial charge in [-0.3, -0.25) is 0 Å². The highest BCUT2D eigenvalue weighted by atomic mass is 32.2. The topological polar surface area (TPSA) is 61.4 Å². The predicted molar refractivity (Wildman–Crippen MR) is 70.0 cm³/mol. The summed E-state index contributed by atoms with van der Waals surface area (Å²) in [6.45, 7) is 6.40. The molecule has 0 amide bonds. The van der Waals surface area contributed by atoms with E-state index in [1.807, 2.05) is 13.8 Å². The highest BCUT2D eigenvalue weighted by Crippen LogP contribution is 2.15. The summed E-state index contributed by atoms with van der Waals surface area (Å²) in [6.07, 6.45) is 3.25. The second-order valence-electron chi connectivity index (χ2n) is 4.99. The van der Waals surface area contributed by atoms with Crippen LogP contribution in [-0.2, 0) is 10.2 Å². The summed E-state index contributed by atoms with van der Waals surface area (Å²) in [5.74, 6) is 0.656. The van der Waals surface area contributed by atoms with E-state index in [2.05, 4.69) is 10.0 Å². The van der Waals surface area contributed by atoms with Crippen LogP contribution in [0.15, 0.2) is 0 Å². The van der Waals surface area contributed by atoms with Crippen molar-refractivity contribution in [3.63, 3.8) is 0 Å². The molecule has 0 saturated carbocycles. The van der Waals surface area contributed by atoms with Crippen LogP contribution in [0.4, 0.5) is 0 Å². The van der Waals surface area contributed by atoms with Gasteiger partial charge in [0.15, 0.2) is 0 Å². The second kappa shape index (κ2) is 6.68.